The molecule has 0 radical (unpaired) electrons. The second-order valence-electron chi connectivity index (χ2n) is 4.62. The second-order valence-corrected chi connectivity index (χ2v) is 5.03. The number of benzene rings is 2. The quantitative estimate of drug-likeness (QED) is 0.882. The molecule has 0 atom stereocenters. The van der Waals surface area contributed by atoms with Crippen molar-refractivity contribution in [2.75, 3.05) is 12.4 Å². The maximum Gasteiger partial charge on any atom is 0.119 e. The largest absolute Gasteiger partial charge is 0.497 e. The average Bonchev–Trinajstić information content (AvgIpc) is 2.41. The minimum Gasteiger partial charge on any atom is -0.497 e. The van der Waals surface area contributed by atoms with Crippen LogP contribution in [0.3, 0.4) is 0 Å². The SMILES string of the molecule is COc1ccc(NCc2ccc(C)c(Cl)c2)c(C)c1. The summed E-state index contributed by atoms with van der Waals surface area (Å²) in [4.78, 5) is 0. The van der Waals surface area contributed by atoms with Crippen LogP contribution in [0, 0.1) is 13.8 Å². The van der Waals surface area contributed by atoms with E-state index in [2.05, 4.69) is 18.3 Å². The van der Waals surface area contributed by atoms with Gasteiger partial charge in [0.2, 0.25) is 0 Å². The Labute approximate surface area is 119 Å². The molecular formula is C16H18ClNO. The van der Waals surface area contributed by atoms with Crippen LogP contribution >= 0.6 is 11.6 Å². The van der Waals surface area contributed by atoms with Crippen molar-refractivity contribution in [2.24, 2.45) is 0 Å². The molecule has 0 unspecified atom stereocenters. The third-order valence-electron chi connectivity index (χ3n) is 3.15. The van der Waals surface area contributed by atoms with Gasteiger partial charge in [0.25, 0.3) is 0 Å². The molecule has 100 valence electrons. The second kappa shape index (κ2) is 5.98. The first-order valence-electron chi connectivity index (χ1n) is 6.23. The lowest BCUT2D eigenvalue weighted by molar-refractivity contribution is 0.414. The minimum absolute atomic E-state index is 0.757. The molecule has 0 aliphatic carbocycles. The fourth-order valence-electron chi connectivity index (χ4n) is 1.91. The zero-order chi connectivity index (χ0) is 13.8. The molecule has 2 rings (SSSR count). The Kier molecular flexibility index (Phi) is 4.33. The van der Waals surface area contributed by atoms with E-state index >= 15 is 0 Å². The van der Waals surface area contributed by atoms with Gasteiger partial charge in [0.05, 0.1) is 7.11 Å². The number of methoxy groups -OCH3 is 1. The van der Waals surface area contributed by atoms with Crippen LogP contribution in [0.5, 0.6) is 5.75 Å². The van der Waals surface area contributed by atoms with E-state index in [1.807, 2.05) is 37.3 Å². The van der Waals surface area contributed by atoms with Crippen LogP contribution in [0.15, 0.2) is 36.4 Å². The lowest BCUT2D eigenvalue weighted by Gasteiger charge is -2.11. The summed E-state index contributed by atoms with van der Waals surface area (Å²) in [7, 11) is 1.68. The number of hydrogen-bond donors (Lipinski definition) is 1. The van der Waals surface area contributed by atoms with Crippen molar-refractivity contribution < 1.29 is 4.74 Å². The number of halogens is 1. The van der Waals surface area contributed by atoms with E-state index in [9.17, 15) is 0 Å². The van der Waals surface area contributed by atoms with Crippen LogP contribution in [0.4, 0.5) is 5.69 Å². The molecule has 0 aliphatic rings. The fraction of sp³-hybridized carbons (Fsp3) is 0.250. The first-order valence-corrected chi connectivity index (χ1v) is 6.61. The zero-order valence-corrected chi connectivity index (χ0v) is 12.2. The number of nitrogens with one attached hydrogen (secondary N) is 1. The Morgan fingerprint density at radius 1 is 1.05 bits per heavy atom. The van der Waals surface area contributed by atoms with Crippen molar-refractivity contribution in [3.63, 3.8) is 0 Å². The summed E-state index contributed by atoms with van der Waals surface area (Å²) in [5.41, 5.74) is 4.55. The highest BCUT2D eigenvalue weighted by molar-refractivity contribution is 6.31. The number of hydrogen-bond acceptors (Lipinski definition) is 2. The molecule has 0 aromatic heterocycles. The highest BCUT2D eigenvalue weighted by Gasteiger charge is 2.02. The van der Waals surface area contributed by atoms with Gasteiger partial charge in [-0.2, -0.15) is 0 Å². The lowest BCUT2D eigenvalue weighted by atomic mass is 10.1. The summed E-state index contributed by atoms with van der Waals surface area (Å²) < 4.78 is 5.20. The molecule has 0 fully saturated rings. The molecule has 2 nitrogen and oxygen atoms in total. The summed E-state index contributed by atoms with van der Waals surface area (Å²) in [6.07, 6.45) is 0. The number of ether oxygens (including phenoxy) is 1. The number of rotatable bonds is 4. The van der Waals surface area contributed by atoms with Gasteiger partial charge in [-0.05, 0) is 54.8 Å². The molecular weight excluding hydrogens is 258 g/mol. The first kappa shape index (κ1) is 13.8. The predicted octanol–water partition coefficient (Wildman–Crippen LogP) is 4.58. The summed E-state index contributed by atoms with van der Waals surface area (Å²) in [6.45, 7) is 4.83. The Balaban J connectivity index is 2.07. The topological polar surface area (TPSA) is 21.3 Å². The van der Waals surface area contributed by atoms with E-state index in [4.69, 9.17) is 16.3 Å². The zero-order valence-electron chi connectivity index (χ0n) is 11.5. The molecule has 3 heteroatoms. The minimum atomic E-state index is 0.757. The Bertz CT molecular complexity index is 581. The van der Waals surface area contributed by atoms with Crippen molar-refractivity contribution in [1.29, 1.82) is 0 Å². The summed E-state index contributed by atoms with van der Waals surface area (Å²) >= 11 is 6.12. The van der Waals surface area contributed by atoms with Crippen molar-refractivity contribution in [3.8, 4) is 5.75 Å². The van der Waals surface area contributed by atoms with E-state index in [0.29, 0.717) is 0 Å². The maximum atomic E-state index is 6.12. The Hall–Kier alpha value is -1.67. The first-order chi connectivity index (χ1) is 9.10. The number of aryl methyl sites for hydroxylation is 2. The van der Waals surface area contributed by atoms with Crippen LogP contribution < -0.4 is 10.1 Å². The molecule has 0 bridgehead atoms. The van der Waals surface area contributed by atoms with Crippen LogP contribution in [0.1, 0.15) is 16.7 Å². The highest BCUT2D eigenvalue weighted by Crippen LogP contribution is 2.22. The van der Waals surface area contributed by atoms with Gasteiger partial charge >= 0.3 is 0 Å². The Morgan fingerprint density at radius 3 is 2.47 bits per heavy atom. The summed E-state index contributed by atoms with van der Waals surface area (Å²) in [6, 6.07) is 12.1. The van der Waals surface area contributed by atoms with E-state index in [1.54, 1.807) is 7.11 Å². The van der Waals surface area contributed by atoms with Crippen LogP contribution in [-0.4, -0.2) is 7.11 Å². The molecule has 0 heterocycles. The smallest absolute Gasteiger partial charge is 0.119 e. The molecule has 0 saturated carbocycles. The molecule has 2 aromatic carbocycles. The molecule has 0 aliphatic heterocycles. The molecule has 19 heavy (non-hydrogen) atoms. The fourth-order valence-corrected chi connectivity index (χ4v) is 2.11. The van der Waals surface area contributed by atoms with Crippen LogP contribution in [0.25, 0.3) is 0 Å². The molecule has 0 amide bonds. The van der Waals surface area contributed by atoms with Gasteiger partial charge in [-0.15, -0.1) is 0 Å². The third-order valence-corrected chi connectivity index (χ3v) is 3.56. The van der Waals surface area contributed by atoms with Gasteiger partial charge in [0.1, 0.15) is 5.75 Å². The van der Waals surface area contributed by atoms with Gasteiger partial charge in [0, 0.05) is 17.3 Å². The van der Waals surface area contributed by atoms with Crippen LogP contribution in [0.2, 0.25) is 5.02 Å². The normalized spacial score (nSPS) is 10.3. The van der Waals surface area contributed by atoms with Gasteiger partial charge in [0.15, 0.2) is 0 Å². The monoisotopic (exact) mass is 275 g/mol. The molecule has 2 aromatic rings. The van der Waals surface area contributed by atoms with E-state index in [1.165, 1.54) is 5.56 Å². The molecule has 1 N–H and O–H groups in total. The molecule has 0 saturated heterocycles. The third kappa shape index (κ3) is 3.42. The van der Waals surface area contributed by atoms with Crippen molar-refractivity contribution >= 4 is 17.3 Å². The van der Waals surface area contributed by atoms with Gasteiger partial charge in [-0.3, -0.25) is 0 Å². The van der Waals surface area contributed by atoms with Crippen molar-refractivity contribution in [1.82, 2.24) is 0 Å². The lowest BCUT2D eigenvalue weighted by Crippen LogP contribution is -2.01. The Morgan fingerprint density at radius 2 is 1.84 bits per heavy atom. The summed E-state index contributed by atoms with van der Waals surface area (Å²) in [5, 5.41) is 4.22. The number of anilines is 1. The summed E-state index contributed by atoms with van der Waals surface area (Å²) in [5.74, 6) is 0.876. The predicted molar refractivity (Wildman–Crippen MR) is 81.2 cm³/mol. The molecule has 0 spiro atoms. The van der Waals surface area contributed by atoms with Gasteiger partial charge in [-0.25, -0.2) is 0 Å². The van der Waals surface area contributed by atoms with E-state index < -0.39 is 0 Å². The van der Waals surface area contributed by atoms with E-state index in [0.717, 1.165) is 34.1 Å². The van der Waals surface area contributed by atoms with E-state index in [-0.39, 0.29) is 0 Å². The maximum absolute atomic E-state index is 6.12. The van der Waals surface area contributed by atoms with Crippen molar-refractivity contribution in [2.45, 2.75) is 20.4 Å². The average molecular weight is 276 g/mol. The van der Waals surface area contributed by atoms with Gasteiger partial charge < -0.3 is 10.1 Å². The van der Waals surface area contributed by atoms with Gasteiger partial charge in [-0.1, -0.05) is 23.7 Å². The van der Waals surface area contributed by atoms with Crippen LogP contribution in [-0.2, 0) is 6.54 Å². The van der Waals surface area contributed by atoms with Crippen molar-refractivity contribution in [3.05, 3.63) is 58.1 Å². The highest BCUT2D eigenvalue weighted by atomic mass is 35.5. The standard InChI is InChI=1S/C16H18ClNO/c1-11-4-5-13(9-15(11)17)10-18-16-7-6-14(19-3)8-12(16)2/h4-9,18H,10H2,1-3H3.